The van der Waals surface area contributed by atoms with Crippen LogP contribution in [-0.4, -0.2) is 21.8 Å². The molecule has 6 heteroatoms. The number of unbranched alkanes of at least 4 members (excludes halogenated alkanes) is 3. The Kier molecular flexibility index (Phi) is 8.71. The minimum atomic E-state index is 0.0227. The second-order valence-electron chi connectivity index (χ2n) is 6.91. The topological polar surface area (TPSA) is 59.1 Å². The minimum absolute atomic E-state index is 0.0227. The highest BCUT2D eigenvalue weighted by Crippen LogP contribution is 2.25. The molecule has 3 aromatic rings. The van der Waals surface area contributed by atoms with E-state index < -0.39 is 0 Å². The summed E-state index contributed by atoms with van der Waals surface area (Å²) in [7, 11) is 0. The number of anilines is 1. The molecule has 152 valence electrons. The van der Waals surface area contributed by atoms with Crippen LogP contribution < -0.4 is 5.32 Å². The molecule has 1 amide bonds. The maximum atomic E-state index is 12.1. The zero-order valence-corrected chi connectivity index (χ0v) is 18.1. The quantitative estimate of drug-likeness (QED) is 0.378. The predicted molar refractivity (Wildman–Crippen MR) is 124 cm³/mol. The molecule has 0 radical (unpaired) electrons. The smallest absolute Gasteiger partial charge is 0.226 e. The summed E-state index contributed by atoms with van der Waals surface area (Å²) in [6.07, 6.45) is 5.86. The van der Waals surface area contributed by atoms with Gasteiger partial charge in [-0.1, -0.05) is 78.4 Å². The maximum Gasteiger partial charge on any atom is 0.226 e. The molecule has 0 fully saturated rings. The third-order valence-electron chi connectivity index (χ3n) is 4.56. The maximum absolute atomic E-state index is 12.1. The molecular weight excluding hydrogens is 400 g/mol. The fraction of sp³-hybridized carbons (Fsp3) is 0.348. The van der Waals surface area contributed by atoms with E-state index in [-0.39, 0.29) is 11.0 Å². The number of aryl methyl sites for hydroxylation is 1. The monoisotopic (exact) mass is 426 g/mol. The van der Waals surface area contributed by atoms with Crippen LogP contribution in [0.25, 0.3) is 10.2 Å². The minimum Gasteiger partial charge on any atom is -0.302 e. The van der Waals surface area contributed by atoms with Crippen LogP contribution in [0.1, 0.15) is 44.1 Å². The molecular formula is C23H26N2O2S2. The lowest BCUT2D eigenvalue weighted by atomic mass is 10.1. The van der Waals surface area contributed by atoms with E-state index in [4.69, 9.17) is 0 Å². The largest absolute Gasteiger partial charge is 0.302 e. The van der Waals surface area contributed by atoms with Gasteiger partial charge in [-0.05, 0) is 37.0 Å². The van der Waals surface area contributed by atoms with Crippen LogP contribution >= 0.6 is 23.1 Å². The summed E-state index contributed by atoms with van der Waals surface area (Å²) in [5, 5.41) is 3.83. The molecule has 0 spiro atoms. The Morgan fingerprint density at radius 1 is 0.897 bits per heavy atom. The molecule has 29 heavy (non-hydrogen) atoms. The van der Waals surface area contributed by atoms with E-state index in [1.165, 1.54) is 28.7 Å². The van der Waals surface area contributed by atoms with Crippen molar-refractivity contribution in [2.24, 2.45) is 0 Å². The molecule has 3 rings (SSSR count). The van der Waals surface area contributed by atoms with Crippen molar-refractivity contribution in [3.8, 4) is 0 Å². The first kappa shape index (κ1) is 21.5. The Balaban J connectivity index is 1.21. The van der Waals surface area contributed by atoms with Gasteiger partial charge in [0.15, 0.2) is 10.2 Å². The average Bonchev–Trinajstić information content (AvgIpc) is 3.14. The average molecular weight is 427 g/mol. The fourth-order valence-electron chi connectivity index (χ4n) is 3.00. The van der Waals surface area contributed by atoms with Crippen molar-refractivity contribution in [1.82, 2.24) is 4.98 Å². The standard InChI is InChI=1S/C23H26N2O2S2/c26-21(25-23-24-19-12-7-8-13-20(19)29-23)14-6-1-2-9-17-28-22(27)16-15-18-10-4-3-5-11-18/h3-5,7-8,10-13H,1-2,6,9,14-17H2,(H,24,25,26). The summed E-state index contributed by atoms with van der Waals surface area (Å²) in [5.74, 6) is 0.889. The molecule has 4 nitrogen and oxygen atoms in total. The zero-order chi connectivity index (χ0) is 20.3. The number of carbonyl (C=O) groups is 2. The van der Waals surface area contributed by atoms with Gasteiger partial charge in [-0.2, -0.15) is 0 Å². The number of hydrogen-bond acceptors (Lipinski definition) is 5. The third kappa shape index (κ3) is 7.63. The van der Waals surface area contributed by atoms with Crippen LogP contribution in [0.4, 0.5) is 5.13 Å². The van der Waals surface area contributed by atoms with Gasteiger partial charge in [0.1, 0.15) is 0 Å². The van der Waals surface area contributed by atoms with Crippen molar-refractivity contribution < 1.29 is 9.59 Å². The number of rotatable bonds is 11. The fourth-order valence-corrected chi connectivity index (χ4v) is 4.70. The van der Waals surface area contributed by atoms with E-state index in [2.05, 4.69) is 22.4 Å². The second kappa shape index (κ2) is 11.7. The van der Waals surface area contributed by atoms with Gasteiger partial charge in [0.2, 0.25) is 5.91 Å². The molecule has 0 bridgehead atoms. The van der Waals surface area contributed by atoms with E-state index in [1.807, 2.05) is 42.5 Å². The van der Waals surface area contributed by atoms with Crippen molar-refractivity contribution in [1.29, 1.82) is 0 Å². The Hall–Kier alpha value is -2.18. The Labute approximate surface area is 180 Å². The first-order valence-electron chi connectivity index (χ1n) is 10.1. The molecule has 0 unspecified atom stereocenters. The summed E-state index contributed by atoms with van der Waals surface area (Å²) in [6, 6.07) is 18.0. The molecule has 0 aliphatic rings. The number of carbonyl (C=O) groups excluding carboxylic acids is 2. The number of thiazole rings is 1. The predicted octanol–water partition coefficient (Wildman–Crippen LogP) is 6.08. The van der Waals surface area contributed by atoms with E-state index in [0.29, 0.717) is 18.0 Å². The van der Waals surface area contributed by atoms with E-state index in [0.717, 1.165) is 48.1 Å². The van der Waals surface area contributed by atoms with Crippen LogP contribution in [0.3, 0.4) is 0 Å². The molecule has 2 aromatic carbocycles. The Morgan fingerprint density at radius 3 is 2.48 bits per heavy atom. The van der Waals surface area contributed by atoms with Gasteiger partial charge in [-0.3, -0.25) is 9.59 Å². The highest BCUT2D eigenvalue weighted by Gasteiger charge is 2.07. The van der Waals surface area contributed by atoms with Crippen molar-refractivity contribution in [3.05, 3.63) is 60.2 Å². The van der Waals surface area contributed by atoms with Crippen LogP contribution in [0.2, 0.25) is 0 Å². The molecule has 0 aliphatic heterocycles. The Morgan fingerprint density at radius 2 is 1.66 bits per heavy atom. The highest BCUT2D eigenvalue weighted by molar-refractivity contribution is 8.13. The number of thioether (sulfide) groups is 1. The summed E-state index contributed by atoms with van der Waals surface area (Å²) in [5.41, 5.74) is 2.13. The van der Waals surface area contributed by atoms with Gasteiger partial charge in [0.25, 0.3) is 0 Å². The van der Waals surface area contributed by atoms with Crippen LogP contribution in [0.15, 0.2) is 54.6 Å². The third-order valence-corrected chi connectivity index (χ3v) is 6.53. The number of benzene rings is 2. The van der Waals surface area contributed by atoms with Crippen molar-refractivity contribution in [2.75, 3.05) is 11.1 Å². The van der Waals surface area contributed by atoms with E-state index >= 15 is 0 Å². The van der Waals surface area contributed by atoms with E-state index in [9.17, 15) is 9.59 Å². The molecule has 1 heterocycles. The van der Waals surface area contributed by atoms with Gasteiger partial charge in [0.05, 0.1) is 10.2 Å². The second-order valence-corrected chi connectivity index (χ2v) is 9.09. The normalized spacial score (nSPS) is 10.9. The Bertz CT molecular complexity index is 892. The van der Waals surface area contributed by atoms with Gasteiger partial charge in [-0.15, -0.1) is 0 Å². The number of nitrogens with zero attached hydrogens (tertiary/aromatic N) is 1. The summed E-state index contributed by atoms with van der Waals surface area (Å²) < 4.78 is 1.08. The van der Waals surface area contributed by atoms with Gasteiger partial charge < -0.3 is 5.32 Å². The van der Waals surface area contributed by atoms with Crippen molar-refractivity contribution in [2.45, 2.75) is 44.9 Å². The number of aromatic nitrogens is 1. The van der Waals surface area contributed by atoms with Crippen LogP contribution in [-0.2, 0) is 16.0 Å². The lowest BCUT2D eigenvalue weighted by Gasteiger charge is -2.03. The molecule has 0 saturated carbocycles. The van der Waals surface area contributed by atoms with Gasteiger partial charge in [0, 0.05) is 18.6 Å². The number of nitrogens with one attached hydrogen (secondary N) is 1. The van der Waals surface area contributed by atoms with Crippen LogP contribution in [0, 0.1) is 0 Å². The number of para-hydroxylation sites is 1. The first-order valence-corrected chi connectivity index (χ1v) is 11.9. The first-order chi connectivity index (χ1) is 14.2. The molecule has 1 N–H and O–H groups in total. The summed E-state index contributed by atoms with van der Waals surface area (Å²) >= 11 is 2.94. The van der Waals surface area contributed by atoms with Crippen LogP contribution in [0.5, 0.6) is 0 Å². The molecule has 0 saturated heterocycles. The van der Waals surface area contributed by atoms with Crippen molar-refractivity contribution >= 4 is 49.5 Å². The lowest BCUT2D eigenvalue weighted by molar-refractivity contribution is -0.116. The van der Waals surface area contributed by atoms with Gasteiger partial charge in [-0.25, -0.2) is 4.98 Å². The SMILES string of the molecule is O=C(CCCCCCSC(=O)CCc1ccccc1)Nc1nc2ccccc2s1. The molecule has 0 aliphatic carbocycles. The summed E-state index contributed by atoms with van der Waals surface area (Å²) in [4.78, 5) is 28.4. The number of fused-ring (bicyclic) bond motifs is 1. The van der Waals surface area contributed by atoms with Crippen molar-refractivity contribution in [3.63, 3.8) is 0 Å². The molecule has 0 atom stereocenters. The lowest BCUT2D eigenvalue weighted by Crippen LogP contribution is -2.10. The number of amides is 1. The van der Waals surface area contributed by atoms with Gasteiger partial charge >= 0.3 is 0 Å². The zero-order valence-electron chi connectivity index (χ0n) is 16.4. The summed E-state index contributed by atoms with van der Waals surface area (Å²) in [6.45, 7) is 0. The molecule has 1 aromatic heterocycles. The number of hydrogen-bond donors (Lipinski definition) is 1. The highest BCUT2D eigenvalue weighted by atomic mass is 32.2. The van der Waals surface area contributed by atoms with E-state index in [1.54, 1.807) is 0 Å².